The fraction of sp³-hybridized carbons (Fsp3) is 0.538. The summed E-state index contributed by atoms with van der Waals surface area (Å²) < 4.78 is 24.0. The largest absolute Gasteiger partial charge is 0.488 e. The first kappa shape index (κ1) is 13.8. The highest BCUT2D eigenvalue weighted by molar-refractivity contribution is 5.50. The van der Waals surface area contributed by atoms with Gasteiger partial charge in [0, 0.05) is 18.4 Å². The average Bonchev–Trinajstić information content (AvgIpc) is 2.30. The molecule has 4 heteroatoms. The van der Waals surface area contributed by atoms with Gasteiger partial charge < -0.3 is 15.2 Å². The van der Waals surface area contributed by atoms with Gasteiger partial charge in [0.25, 0.3) is 0 Å². The van der Waals surface area contributed by atoms with E-state index in [9.17, 15) is 4.39 Å². The average molecular weight is 241 g/mol. The number of ether oxygens (including phenoxy) is 2. The first-order chi connectivity index (χ1) is 8.15. The van der Waals surface area contributed by atoms with Gasteiger partial charge in [-0.05, 0) is 25.0 Å². The Morgan fingerprint density at radius 3 is 2.71 bits per heavy atom. The summed E-state index contributed by atoms with van der Waals surface area (Å²) in [5, 5.41) is 0. The van der Waals surface area contributed by atoms with Crippen LogP contribution in [0.2, 0.25) is 0 Å². The van der Waals surface area contributed by atoms with E-state index in [0.29, 0.717) is 18.9 Å². The third kappa shape index (κ3) is 4.61. The van der Waals surface area contributed by atoms with Crippen LogP contribution in [0.3, 0.4) is 0 Å². The van der Waals surface area contributed by atoms with E-state index in [4.69, 9.17) is 15.2 Å². The first-order valence-corrected chi connectivity index (χ1v) is 5.91. The molecule has 96 valence electrons. The molecular weight excluding hydrogens is 221 g/mol. The summed E-state index contributed by atoms with van der Waals surface area (Å²) in [5.74, 6) is -0.197. The van der Waals surface area contributed by atoms with Crippen molar-refractivity contribution in [3.05, 3.63) is 23.5 Å². The molecule has 0 spiro atoms. The lowest BCUT2D eigenvalue weighted by molar-refractivity contribution is 0.0967. The molecule has 0 atom stereocenters. The van der Waals surface area contributed by atoms with Crippen LogP contribution in [0.15, 0.2) is 12.1 Å². The SMILES string of the molecule is CCCCOCCOc1cc(C)c(N)cc1F. The Morgan fingerprint density at radius 1 is 1.24 bits per heavy atom. The van der Waals surface area contributed by atoms with Crippen molar-refractivity contribution in [2.24, 2.45) is 0 Å². The van der Waals surface area contributed by atoms with Crippen LogP contribution < -0.4 is 10.5 Å². The van der Waals surface area contributed by atoms with Gasteiger partial charge in [0.05, 0.1) is 6.61 Å². The molecule has 3 nitrogen and oxygen atoms in total. The molecule has 0 amide bonds. The Labute approximate surface area is 102 Å². The topological polar surface area (TPSA) is 44.5 Å². The molecule has 17 heavy (non-hydrogen) atoms. The van der Waals surface area contributed by atoms with Gasteiger partial charge in [0.2, 0.25) is 0 Å². The fourth-order valence-corrected chi connectivity index (χ4v) is 1.34. The van der Waals surface area contributed by atoms with Crippen LogP contribution in [-0.2, 0) is 4.74 Å². The quantitative estimate of drug-likeness (QED) is 0.589. The molecule has 0 aromatic heterocycles. The summed E-state index contributed by atoms with van der Waals surface area (Å²) in [6, 6.07) is 2.89. The van der Waals surface area contributed by atoms with E-state index in [1.54, 1.807) is 6.07 Å². The Hall–Kier alpha value is -1.29. The highest BCUT2D eigenvalue weighted by Gasteiger charge is 2.06. The smallest absolute Gasteiger partial charge is 0.167 e. The van der Waals surface area contributed by atoms with Crippen LogP contribution in [0.4, 0.5) is 10.1 Å². The lowest BCUT2D eigenvalue weighted by Gasteiger charge is -2.09. The summed E-state index contributed by atoms with van der Waals surface area (Å²) in [7, 11) is 0. The highest BCUT2D eigenvalue weighted by Crippen LogP contribution is 2.23. The number of hydrogen-bond acceptors (Lipinski definition) is 3. The summed E-state index contributed by atoms with van der Waals surface area (Å²) >= 11 is 0. The van der Waals surface area contributed by atoms with Gasteiger partial charge in [0.1, 0.15) is 6.61 Å². The number of nitrogens with two attached hydrogens (primary N) is 1. The predicted octanol–water partition coefficient (Wildman–Crippen LogP) is 2.91. The lowest BCUT2D eigenvalue weighted by atomic mass is 10.2. The van der Waals surface area contributed by atoms with Crippen LogP contribution in [0, 0.1) is 12.7 Å². The number of unbranched alkanes of at least 4 members (excludes halogenated alkanes) is 1. The van der Waals surface area contributed by atoms with Gasteiger partial charge in [-0.3, -0.25) is 0 Å². The Kier molecular flexibility index (Phi) is 5.77. The molecule has 2 N–H and O–H groups in total. The summed E-state index contributed by atoms with van der Waals surface area (Å²) in [6.45, 7) is 5.47. The number of anilines is 1. The minimum Gasteiger partial charge on any atom is -0.488 e. The molecule has 0 aliphatic rings. The Bertz CT molecular complexity index is 356. The number of aryl methyl sites for hydroxylation is 1. The molecule has 1 aromatic rings. The molecule has 1 aromatic carbocycles. The number of nitrogen functional groups attached to an aromatic ring is 1. The van der Waals surface area contributed by atoms with Gasteiger partial charge in [-0.25, -0.2) is 4.39 Å². The van der Waals surface area contributed by atoms with Crippen molar-refractivity contribution < 1.29 is 13.9 Å². The second-order valence-electron chi connectivity index (χ2n) is 3.95. The van der Waals surface area contributed by atoms with Crippen LogP contribution in [0.25, 0.3) is 0 Å². The Balaban J connectivity index is 2.34. The van der Waals surface area contributed by atoms with Gasteiger partial charge in [0.15, 0.2) is 11.6 Å². The van der Waals surface area contributed by atoms with E-state index in [-0.39, 0.29) is 5.75 Å². The van der Waals surface area contributed by atoms with Crippen molar-refractivity contribution in [1.82, 2.24) is 0 Å². The van der Waals surface area contributed by atoms with Crippen molar-refractivity contribution in [2.75, 3.05) is 25.6 Å². The van der Waals surface area contributed by atoms with Gasteiger partial charge in [-0.2, -0.15) is 0 Å². The zero-order valence-corrected chi connectivity index (χ0v) is 10.5. The molecule has 0 unspecified atom stereocenters. The number of halogens is 1. The molecule has 0 heterocycles. The molecule has 0 aliphatic carbocycles. The highest BCUT2D eigenvalue weighted by atomic mass is 19.1. The standard InChI is InChI=1S/C13H20FNO2/c1-3-4-5-16-6-7-17-13-8-10(2)12(15)9-11(13)14/h8-9H,3-7,15H2,1-2H3. The van der Waals surface area contributed by atoms with E-state index in [2.05, 4.69) is 6.92 Å². The molecule has 0 saturated heterocycles. The van der Waals surface area contributed by atoms with Crippen molar-refractivity contribution >= 4 is 5.69 Å². The normalized spacial score (nSPS) is 10.5. The van der Waals surface area contributed by atoms with Crippen molar-refractivity contribution in [1.29, 1.82) is 0 Å². The lowest BCUT2D eigenvalue weighted by Crippen LogP contribution is -2.08. The molecule has 0 saturated carbocycles. The number of benzene rings is 1. The van der Waals surface area contributed by atoms with Crippen LogP contribution >= 0.6 is 0 Å². The van der Waals surface area contributed by atoms with Gasteiger partial charge >= 0.3 is 0 Å². The molecule has 1 rings (SSSR count). The molecule has 0 radical (unpaired) electrons. The summed E-state index contributed by atoms with van der Waals surface area (Å²) in [4.78, 5) is 0. The molecule has 0 bridgehead atoms. The van der Waals surface area contributed by atoms with E-state index in [0.717, 1.165) is 25.0 Å². The van der Waals surface area contributed by atoms with E-state index in [1.165, 1.54) is 6.07 Å². The first-order valence-electron chi connectivity index (χ1n) is 5.91. The van der Waals surface area contributed by atoms with E-state index >= 15 is 0 Å². The fourth-order valence-electron chi connectivity index (χ4n) is 1.34. The van der Waals surface area contributed by atoms with E-state index < -0.39 is 5.82 Å². The Morgan fingerprint density at radius 2 is 2.00 bits per heavy atom. The monoisotopic (exact) mass is 241 g/mol. The zero-order valence-electron chi connectivity index (χ0n) is 10.5. The van der Waals surface area contributed by atoms with Crippen LogP contribution in [0.1, 0.15) is 25.3 Å². The maximum absolute atomic E-state index is 13.4. The molecule has 0 aliphatic heterocycles. The third-order valence-corrected chi connectivity index (χ3v) is 2.45. The molecular formula is C13H20FNO2. The minimum absolute atomic E-state index is 0.232. The zero-order chi connectivity index (χ0) is 12.7. The third-order valence-electron chi connectivity index (χ3n) is 2.45. The van der Waals surface area contributed by atoms with E-state index in [1.807, 2.05) is 6.92 Å². The van der Waals surface area contributed by atoms with Gasteiger partial charge in [-0.1, -0.05) is 13.3 Å². The molecule has 0 fully saturated rings. The maximum atomic E-state index is 13.4. The second-order valence-corrected chi connectivity index (χ2v) is 3.95. The minimum atomic E-state index is -0.429. The van der Waals surface area contributed by atoms with Crippen molar-refractivity contribution in [2.45, 2.75) is 26.7 Å². The predicted molar refractivity (Wildman–Crippen MR) is 66.8 cm³/mol. The van der Waals surface area contributed by atoms with Crippen LogP contribution in [-0.4, -0.2) is 19.8 Å². The summed E-state index contributed by atoms with van der Waals surface area (Å²) in [6.07, 6.45) is 2.14. The number of hydrogen-bond donors (Lipinski definition) is 1. The second kappa shape index (κ2) is 7.12. The van der Waals surface area contributed by atoms with Gasteiger partial charge in [-0.15, -0.1) is 0 Å². The van der Waals surface area contributed by atoms with Crippen molar-refractivity contribution in [3.63, 3.8) is 0 Å². The maximum Gasteiger partial charge on any atom is 0.167 e. The summed E-state index contributed by atoms with van der Waals surface area (Å²) in [5.41, 5.74) is 6.83. The van der Waals surface area contributed by atoms with Crippen LogP contribution in [0.5, 0.6) is 5.75 Å². The van der Waals surface area contributed by atoms with Crippen molar-refractivity contribution in [3.8, 4) is 5.75 Å². The number of rotatable bonds is 7.